The Morgan fingerprint density at radius 1 is 1.14 bits per heavy atom. The molecule has 0 aliphatic rings. The van der Waals surface area contributed by atoms with E-state index in [1.807, 2.05) is 14.1 Å². The van der Waals surface area contributed by atoms with E-state index in [1.54, 1.807) is 24.3 Å². The molecule has 0 atom stereocenters. The van der Waals surface area contributed by atoms with E-state index in [0.717, 1.165) is 42.3 Å². The van der Waals surface area contributed by atoms with Crippen LogP contribution in [-0.4, -0.2) is 57.8 Å². The highest BCUT2D eigenvalue weighted by molar-refractivity contribution is 14.0. The van der Waals surface area contributed by atoms with Crippen LogP contribution in [0.5, 0.6) is 0 Å². The number of hydrogen-bond donors (Lipinski definition) is 2. The van der Waals surface area contributed by atoms with Gasteiger partial charge in [-0.25, -0.2) is 9.97 Å². The average molecular weight is 508 g/mol. The molecular formula is C20H29IN8. The second kappa shape index (κ2) is 10.9. The second-order valence-electron chi connectivity index (χ2n) is 6.65. The van der Waals surface area contributed by atoms with Gasteiger partial charge in [0.25, 0.3) is 0 Å². The minimum absolute atomic E-state index is 0. The largest absolute Gasteiger partial charge is 0.368 e. The summed E-state index contributed by atoms with van der Waals surface area (Å²) in [4.78, 5) is 15.1. The van der Waals surface area contributed by atoms with Gasteiger partial charge in [0.1, 0.15) is 12.1 Å². The van der Waals surface area contributed by atoms with Crippen LogP contribution < -0.4 is 10.6 Å². The van der Waals surface area contributed by atoms with Crippen LogP contribution in [-0.2, 0) is 20.0 Å². The molecule has 0 fully saturated rings. The molecule has 9 heteroatoms. The van der Waals surface area contributed by atoms with Crippen molar-refractivity contribution in [3.05, 3.63) is 47.9 Å². The zero-order valence-corrected chi connectivity index (χ0v) is 19.7. The number of guanidine groups is 1. The van der Waals surface area contributed by atoms with Gasteiger partial charge in [-0.15, -0.1) is 24.0 Å². The zero-order valence-electron chi connectivity index (χ0n) is 17.4. The first-order valence-corrected chi connectivity index (χ1v) is 9.48. The molecule has 0 aliphatic heterocycles. The van der Waals surface area contributed by atoms with Crippen LogP contribution in [0.25, 0.3) is 11.0 Å². The van der Waals surface area contributed by atoms with E-state index in [9.17, 15) is 0 Å². The standard InChI is InChI=1S/C20H28N8.HI/c1-5-15-6-8-16(9-7-15)13-27(3)20(21-2)23-11-10-22-18-17-12-26-28(4)19(17)25-14-24-18;/h6-9,12,14H,5,10-11,13H2,1-4H3,(H,21,23)(H,22,24,25);1H. The van der Waals surface area contributed by atoms with E-state index < -0.39 is 0 Å². The minimum Gasteiger partial charge on any atom is -0.368 e. The number of benzene rings is 1. The Morgan fingerprint density at radius 2 is 1.86 bits per heavy atom. The van der Waals surface area contributed by atoms with E-state index in [1.165, 1.54) is 11.1 Å². The van der Waals surface area contributed by atoms with Crippen molar-refractivity contribution in [2.24, 2.45) is 12.0 Å². The summed E-state index contributed by atoms with van der Waals surface area (Å²) in [5, 5.41) is 11.9. The molecule has 0 bridgehead atoms. The molecule has 1 aromatic carbocycles. The first-order valence-electron chi connectivity index (χ1n) is 9.48. The van der Waals surface area contributed by atoms with Crippen LogP contribution in [0.2, 0.25) is 0 Å². The van der Waals surface area contributed by atoms with Crippen LogP contribution in [0, 0.1) is 0 Å². The third-order valence-electron chi connectivity index (χ3n) is 4.65. The molecule has 3 aromatic rings. The Labute approximate surface area is 188 Å². The van der Waals surface area contributed by atoms with Gasteiger partial charge in [0, 0.05) is 40.8 Å². The second-order valence-corrected chi connectivity index (χ2v) is 6.65. The fourth-order valence-corrected chi connectivity index (χ4v) is 3.07. The van der Waals surface area contributed by atoms with Gasteiger partial charge in [-0.05, 0) is 17.5 Å². The maximum absolute atomic E-state index is 4.38. The van der Waals surface area contributed by atoms with Gasteiger partial charge in [0.2, 0.25) is 0 Å². The van der Waals surface area contributed by atoms with Gasteiger partial charge in [-0.2, -0.15) is 5.10 Å². The SMILES string of the molecule is CCc1ccc(CN(C)C(=NC)NCCNc2ncnc3c2cnn3C)cc1.I. The molecule has 0 aliphatic carbocycles. The van der Waals surface area contributed by atoms with Gasteiger partial charge < -0.3 is 15.5 Å². The Morgan fingerprint density at radius 3 is 2.55 bits per heavy atom. The third-order valence-corrected chi connectivity index (χ3v) is 4.65. The van der Waals surface area contributed by atoms with Crippen molar-refractivity contribution < 1.29 is 0 Å². The third kappa shape index (κ3) is 5.78. The fraction of sp³-hybridized carbons (Fsp3) is 0.400. The number of halogens is 1. The molecule has 0 unspecified atom stereocenters. The van der Waals surface area contributed by atoms with E-state index in [2.05, 4.69) is 66.8 Å². The molecule has 3 rings (SSSR count). The van der Waals surface area contributed by atoms with Crippen molar-refractivity contribution in [2.75, 3.05) is 32.5 Å². The van der Waals surface area contributed by atoms with E-state index in [4.69, 9.17) is 0 Å². The molecule has 8 nitrogen and oxygen atoms in total. The number of nitrogens with one attached hydrogen (secondary N) is 2. The number of aliphatic imine (C=N–C) groups is 1. The molecule has 0 saturated carbocycles. The molecule has 29 heavy (non-hydrogen) atoms. The first-order chi connectivity index (χ1) is 13.6. The highest BCUT2D eigenvalue weighted by Crippen LogP contribution is 2.17. The van der Waals surface area contributed by atoms with Gasteiger partial charge in [0.15, 0.2) is 11.6 Å². The summed E-state index contributed by atoms with van der Waals surface area (Å²) in [6.07, 6.45) is 4.39. The molecule has 0 amide bonds. The summed E-state index contributed by atoms with van der Waals surface area (Å²) in [6.45, 7) is 4.40. The van der Waals surface area contributed by atoms with Crippen LogP contribution in [0.15, 0.2) is 41.8 Å². The van der Waals surface area contributed by atoms with Crippen LogP contribution >= 0.6 is 24.0 Å². The lowest BCUT2D eigenvalue weighted by Gasteiger charge is -2.22. The van der Waals surface area contributed by atoms with E-state index >= 15 is 0 Å². The quantitative estimate of drug-likeness (QED) is 0.221. The van der Waals surface area contributed by atoms with Crippen molar-refractivity contribution in [3.8, 4) is 0 Å². The highest BCUT2D eigenvalue weighted by atomic mass is 127. The molecule has 0 saturated heterocycles. The molecule has 0 spiro atoms. The molecule has 0 radical (unpaired) electrons. The summed E-state index contributed by atoms with van der Waals surface area (Å²) in [7, 11) is 5.71. The summed E-state index contributed by atoms with van der Waals surface area (Å²) in [6, 6.07) is 8.73. The number of rotatable bonds is 7. The summed E-state index contributed by atoms with van der Waals surface area (Å²) in [5.74, 6) is 1.65. The Hall–Kier alpha value is -2.43. The number of aryl methyl sites for hydroxylation is 2. The van der Waals surface area contributed by atoms with Gasteiger partial charge in [-0.1, -0.05) is 31.2 Å². The minimum atomic E-state index is 0. The lowest BCUT2D eigenvalue weighted by Crippen LogP contribution is -2.40. The van der Waals surface area contributed by atoms with Crippen LogP contribution in [0.1, 0.15) is 18.1 Å². The predicted octanol–water partition coefficient (Wildman–Crippen LogP) is 2.66. The molecule has 2 heterocycles. The number of anilines is 1. The lowest BCUT2D eigenvalue weighted by atomic mass is 10.1. The molecular weight excluding hydrogens is 479 g/mol. The van der Waals surface area contributed by atoms with Crippen LogP contribution in [0.3, 0.4) is 0 Å². The Balaban J connectivity index is 0.00000300. The van der Waals surface area contributed by atoms with E-state index in [0.29, 0.717) is 6.54 Å². The topological polar surface area (TPSA) is 83.3 Å². The Bertz CT molecular complexity index is 935. The maximum Gasteiger partial charge on any atom is 0.193 e. The number of nitrogens with zero attached hydrogens (tertiary/aromatic N) is 6. The summed E-state index contributed by atoms with van der Waals surface area (Å²) in [5.41, 5.74) is 3.43. The number of fused-ring (bicyclic) bond motifs is 1. The van der Waals surface area contributed by atoms with E-state index in [-0.39, 0.29) is 24.0 Å². The van der Waals surface area contributed by atoms with Crippen molar-refractivity contribution in [1.29, 1.82) is 0 Å². The summed E-state index contributed by atoms with van der Waals surface area (Å²) < 4.78 is 1.74. The summed E-state index contributed by atoms with van der Waals surface area (Å²) >= 11 is 0. The lowest BCUT2D eigenvalue weighted by molar-refractivity contribution is 0.478. The number of hydrogen-bond acceptors (Lipinski definition) is 5. The number of aromatic nitrogens is 4. The van der Waals surface area contributed by atoms with Crippen molar-refractivity contribution >= 4 is 46.8 Å². The van der Waals surface area contributed by atoms with Crippen molar-refractivity contribution in [2.45, 2.75) is 19.9 Å². The van der Waals surface area contributed by atoms with Crippen molar-refractivity contribution in [1.82, 2.24) is 30.0 Å². The predicted molar refractivity (Wildman–Crippen MR) is 129 cm³/mol. The average Bonchev–Trinajstić information content (AvgIpc) is 3.10. The molecule has 2 aromatic heterocycles. The maximum atomic E-state index is 4.38. The zero-order chi connectivity index (χ0) is 19.9. The smallest absolute Gasteiger partial charge is 0.193 e. The highest BCUT2D eigenvalue weighted by Gasteiger charge is 2.08. The van der Waals surface area contributed by atoms with Crippen LogP contribution in [0.4, 0.5) is 5.82 Å². The van der Waals surface area contributed by atoms with Gasteiger partial charge in [-0.3, -0.25) is 9.67 Å². The fourth-order valence-electron chi connectivity index (χ4n) is 3.07. The normalized spacial score (nSPS) is 11.2. The van der Waals surface area contributed by atoms with Gasteiger partial charge >= 0.3 is 0 Å². The molecule has 2 N–H and O–H groups in total. The van der Waals surface area contributed by atoms with Crippen molar-refractivity contribution in [3.63, 3.8) is 0 Å². The first kappa shape index (κ1) is 22.9. The monoisotopic (exact) mass is 508 g/mol. The molecule has 156 valence electrons. The van der Waals surface area contributed by atoms with Gasteiger partial charge in [0.05, 0.1) is 11.6 Å². The Kier molecular flexibility index (Phi) is 8.62.